The fraction of sp³-hybridized carbons (Fsp3) is 0.316. The van der Waals surface area contributed by atoms with Gasteiger partial charge in [0, 0.05) is 54.9 Å². The zero-order valence-electron chi connectivity index (χ0n) is 14.5. The SMILES string of the molecule is O=c1[nH]c2ncc(-c3cnc4[nH]ccc4c3Cl)cc2n1CC1CCOCC1. The number of rotatable bonds is 3. The molecule has 138 valence electrons. The first-order valence-corrected chi connectivity index (χ1v) is 9.37. The third-order valence-electron chi connectivity index (χ3n) is 5.24. The average Bonchev–Trinajstić information content (AvgIpc) is 3.28. The molecule has 4 aromatic heterocycles. The number of hydrogen-bond acceptors (Lipinski definition) is 4. The molecule has 0 radical (unpaired) electrons. The maximum Gasteiger partial charge on any atom is 0.327 e. The molecule has 27 heavy (non-hydrogen) atoms. The largest absolute Gasteiger partial charge is 0.381 e. The summed E-state index contributed by atoms with van der Waals surface area (Å²) in [6.07, 6.45) is 7.20. The fourth-order valence-corrected chi connectivity index (χ4v) is 4.04. The van der Waals surface area contributed by atoms with Crippen LogP contribution in [0.4, 0.5) is 0 Å². The molecule has 1 aliphatic rings. The first-order chi connectivity index (χ1) is 13.2. The number of hydrogen-bond donors (Lipinski definition) is 2. The number of fused-ring (bicyclic) bond motifs is 2. The number of halogens is 1. The van der Waals surface area contributed by atoms with E-state index in [1.165, 1.54) is 0 Å². The fourth-order valence-electron chi connectivity index (χ4n) is 3.73. The molecule has 0 unspecified atom stereocenters. The number of imidazole rings is 1. The molecule has 5 rings (SSSR count). The molecule has 4 aromatic rings. The van der Waals surface area contributed by atoms with Crippen molar-refractivity contribution in [2.45, 2.75) is 19.4 Å². The highest BCUT2D eigenvalue weighted by Gasteiger charge is 2.18. The third kappa shape index (κ3) is 2.83. The lowest BCUT2D eigenvalue weighted by Crippen LogP contribution is -2.25. The highest BCUT2D eigenvalue weighted by atomic mass is 35.5. The maximum absolute atomic E-state index is 12.5. The molecule has 1 aliphatic heterocycles. The van der Waals surface area contributed by atoms with Gasteiger partial charge in [-0.3, -0.25) is 9.55 Å². The molecule has 8 heteroatoms. The van der Waals surface area contributed by atoms with Crippen molar-refractivity contribution in [1.29, 1.82) is 0 Å². The minimum atomic E-state index is -0.133. The maximum atomic E-state index is 12.5. The van der Waals surface area contributed by atoms with Gasteiger partial charge in [-0.05, 0) is 30.9 Å². The Hall–Kier alpha value is -2.64. The molecular weight excluding hydrogens is 366 g/mol. The van der Waals surface area contributed by atoms with Gasteiger partial charge in [0.25, 0.3) is 0 Å². The second-order valence-corrected chi connectivity index (χ2v) is 7.29. The molecule has 1 fully saturated rings. The highest BCUT2D eigenvalue weighted by molar-refractivity contribution is 6.38. The van der Waals surface area contributed by atoms with E-state index >= 15 is 0 Å². The molecule has 0 bridgehead atoms. The van der Waals surface area contributed by atoms with Gasteiger partial charge in [-0.15, -0.1) is 0 Å². The summed E-state index contributed by atoms with van der Waals surface area (Å²) < 4.78 is 7.20. The van der Waals surface area contributed by atoms with Gasteiger partial charge in [0.05, 0.1) is 10.5 Å². The molecule has 7 nitrogen and oxygen atoms in total. The topological polar surface area (TPSA) is 88.6 Å². The first-order valence-electron chi connectivity index (χ1n) is 8.99. The zero-order chi connectivity index (χ0) is 18.4. The number of nitrogens with one attached hydrogen (secondary N) is 2. The van der Waals surface area contributed by atoms with Crippen molar-refractivity contribution in [3.63, 3.8) is 0 Å². The lowest BCUT2D eigenvalue weighted by Gasteiger charge is -2.22. The van der Waals surface area contributed by atoms with Crippen molar-refractivity contribution in [2.24, 2.45) is 5.92 Å². The molecule has 0 amide bonds. The van der Waals surface area contributed by atoms with Gasteiger partial charge >= 0.3 is 5.69 Å². The van der Waals surface area contributed by atoms with Crippen LogP contribution in [0.1, 0.15) is 12.8 Å². The molecule has 0 atom stereocenters. The van der Waals surface area contributed by atoms with Crippen LogP contribution in [0.15, 0.2) is 35.5 Å². The first kappa shape index (κ1) is 16.5. The van der Waals surface area contributed by atoms with Crippen molar-refractivity contribution in [2.75, 3.05) is 13.2 Å². The van der Waals surface area contributed by atoms with E-state index < -0.39 is 0 Å². The molecule has 0 saturated carbocycles. The van der Waals surface area contributed by atoms with E-state index in [-0.39, 0.29) is 5.69 Å². The Labute approximate surface area is 159 Å². The zero-order valence-corrected chi connectivity index (χ0v) is 15.3. The normalized spacial score (nSPS) is 15.7. The summed E-state index contributed by atoms with van der Waals surface area (Å²) in [6.45, 7) is 2.17. The van der Waals surface area contributed by atoms with Crippen LogP contribution in [0, 0.1) is 5.92 Å². The Morgan fingerprint density at radius 3 is 2.89 bits per heavy atom. The van der Waals surface area contributed by atoms with Gasteiger partial charge in [-0.1, -0.05) is 11.6 Å². The van der Waals surface area contributed by atoms with Crippen LogP contribution in [0.2, 0.25) is 5.02 Å². The Morgan fingerprint density at radius 1 is 1.22 bits per heavy atom. The van der Waals surface area contributed by atoms with Crippen molar-refractivity contribution in [1.82, 2.24) is 24.5 Å². The Kier molecular flexibility index (Phi) is 3.98. The van der Waals surface area contributed by atoms with Crippen LogP contribution < -0.4 is 5.69 Å². The molecule has 0 aliphatic carbocycles. The third-order valence-corrected chi connectivity index (χ3v) is 5.65. The Balaban J connectivity index is 1.60. The van der Waals surface area contributed by atoms with E-state index in [1.807, 2.05) is 18.3 Å². The number of H-pyrrole nitrogens is 2. The number of aromatic amines is 2. The summed E-state index contributed by atoms with van der Waals surface area (Å²) in [5.74, 6) is 0.431. The number of pyridine rings is 2. The van der Waals surface area contributed by atoms with Crippen molar-refractivity contribution < 1.29 is 4.74 Å². The van der Waals surface area contributed by atoms with Crippen LogP contribution in [-0.2, 0) is 11.3 Å². The molecular formula is C19H18ClN5O2. The molecule has 2 N–H and O–H groups in total. The second kappa shape index (κ2) is 6.51. The second-order valence-electron chi connectivity index (χ2n) is 6.91. The number of nitrogens with zero attached hydrogens (tertiary/aromatic N) is 3. The summed E-state index contributed by atoms with van der Waals surface area (Å²) in [6, 6.07) is 3.86. The monoisotopic (exact) mass is 383 g/mol. The van der Waals surface area contributed by atoms with E-state index in [4.69, 9.17) is 16.3 Å². The van der Waals surface area contributed by atoms with E-state index in [2.05, 4.69) is 19.9 Å². The van der Waals surface area contributed by atoms with Crippen molar-refractivity contribution in [3.05, 3.63) is 46.2 Å². The smallest absolute Gasteiger partial charge is 0.327 e. The number of ether oxygens (including phenoxy) is 1. The van der Waals surface area contributed by atoms with Crippen LogP contribution in [0.25, 0.3) is 33.3 Å². The Morgan fingerprint density at radius 2 is 2.04 bits per heavy atom. The van der Waals surface area contributed by atoms with Crippen LogP contribution in [-0.4, -0.2) is 37.7 Å². The quantitative estimate of drug-likeness (QED) is 0.567. The summed E-state index contributed by atoms with van der Waals surface area (Å²) in [4.78, 5) is 27.2. The van der Waals surface area contributed by atoms with Gasteiger partial charge in [-0.2, -0.15) is 0 Å². The average molecular weight is 384 g/mol. The lowest BCUT2D eigenvalue weighted by atomic mass is 10.0. The van der Waals surface area contributed by atoms with Crippen LogP contribution in [0.5, 0.6) is 0 Å². The predicted molar refractivity (Wildman–Crippen MR) is 104 cm³/mol. The standard InChI is InChI=1S/C19H18ClN5O2/c20-16-13-1-4-21-17(13)23-9-14(16)12-7-15-18(22-8-12)24-19(26)25(15)10-11-2-5-27-6-3-11/h1,4,7-9,11H,2-3,5-6,10H2,(H,21,23)(H,22,24,26). The van der Waals surface area contributed by atoms with Gasteiger partial charge in [-0.25, -0.2) is 14.8 Å². The van der Waals surface area contributed by atoms with E-state index in [0.717, 1.165) is 53.7 Å². The minimum Gasteiger partial charge on any atom is -0.381 e. The Bertz CT molecular complexity index is 1190. The molecule has 1 saturated heterocycles. The van der Waals surface area contributed by atoms with Crippen molar-refractivity contribution in [3.8, 4) is 11.1 Å². The van der Waals surface area contributed by atoms with E-state index in [0.29, 0.717) is 23.1 Å². The van der Waals surface area contributed by atoms with Crippen LogP contribution in [0.3, 0.4) is 0 Å². The van der Waals surface area contributed by atoms with Gasteiger partial charge in [0.2, 0.25) is 0 Å². The predicted octanol–water partition coefficient (Wildman–Crippen LogP) is 3.35. The van der Waals surface area contributed by atoms with Crippen LogP contribution >= 0.6 is 11.6 Å². The van der Waals surface area contributed by atoms with E-state index in [1.54, 1.807) is 17.0 Å². The lowest BCUT2D eigenvalue weighted by molar-refractivity contribution is 0.0613. The van der Waals surface area contributed by atoms with E-state index in [9.17, 15) is 4.79 Å². The summed E-state index contributed by atoms with van der Waals surface area (Å²) >= 11 is 6.59. The molecule has 5 heterocycles. The summed E-state index contributed by atoms with van der Waals surface area (Å²) in [7, 11) is 0. The highest BCUT2D eigenvalue weighted by Crippen LogP contribution is 2.33. The molecule has 0 aromatic carbocycles. The van der Waals surface area contributed by atoms with Crippen molar-refractivity contribution >= 4 is 33.8 Å². The van der Waals surface area contributed by atoms with Gasteiger partial charge in [0.15, 0.2) is 5.65 Å². The minimum absolute atomic E-state index is 0.133. The van der Waals surface area contributed by atoms with Gasteiger partial charge < -0.3 is 9.72 Å². The summed E-state index contributed by atoms with van der Waals surface area (Å²) in [5, 5.41) is 1.49. The van der Waals surface area contributed by atoms with Gasteiger partial charge in [0.1, 0.15) is 5.65 Å². The number of aromatic nitrogens is 5. The molecule has 0 spiro atoms. The summed E-state index contributed by atoms with van der Waals surface area (Å²) in [5.41, 5.74) is 3.62.